The third-order valence-electron chi connectivity index (χ3n) is 1.61. The summed E-state index contributed by atoms with van der Waals surface area (Å²) in [6.45, 7) is 0.853. The van der Waals surface area contributed by atoms with Gasteiger partial charge < -0.3 is 15.8 Å². The van der Waals surface area contributed by atoms with Crippen LogP contribution in [0.3, 0.4) is 0 Å². The Morgan fingerprint density at radius 2 is 2.21 bits per heavy atom. The van der Waals surface area contributed by atoms with E-state index in [1.165, 1.54) is 0 Å². The van der Waals surface area contributed by atoms with Crippen LogP contribution in [0.5, 0.6) is 0 Å². The minimum absolute atomic E-state index is 0.0644. The molecule has 1 unspecified atom stereocenters. The molecule has 6 heteroatoms. The SMILES string of the molecule is COCC(CN)Nc1ncc(F)cn1. The number of rotatable bonds is 5. The number of halogens is 1. The van der Waals surface area contributed by atoms with E-state index >= 15 is 0 Å². The highest BCUT2D eigenvalue weighted by Gasteiger charge is 2.06. The van der Waals surface area contributed by atoms with Crippen molar-refractivity contribution in [2.75, 3.05) is 25.6 Å². The third-order valence-corrected chi connectivity index (χ3v) is 1.61. The second-order valence-electron chi connectivity index (χ2n) is 2.76. The highest BCUT2D eigenvalue weighted by molar-refractivity contribution is 5.24. The van der Waals surface area contributed by atoms with E-state index in [0.717, 1.165) is 12.4 Å². The molecule has 14 heavy (non-hydrogen) atoms. The molecule has 1 heterocycles. The Morgan fingerprint density at radius 1 is 1.57 bits per heavy atom. The topological polar surface area (TPSA) is 73.1 Å². The zero-order valence-electron chi connectivity index (χ0n) is 7.90. The molecule has 0 bridgehead atoms. The van der Waals surface area contributed by atoms with Gasteiger partial charge in [0.15, 0.2) is 5.82 Å². The fourth-order valence-corrected chi connectivity index (χ4v) is 0.939. The molecule has 1 aromatic heterocycles. The molecular formula is C8H13FN4O. The van der Waals surface area contributed by atoms with Gasteiger partial charge in [-0.05, 0) is 0 Å². The molecule has 0 amide bonds. The predicted octanol–water partition coefficient (Wildman–Crippen LogP) is 0.00130. The van der Waals surface area contributed by atoms with Crippen LogP contribution in [0.1, 0.15) is 0 Å². The lowest BCUT2D eigenvalue weighted by Gasteiger charge is -2.14. The van der Waals surface area contributed by atoms with E-state index in [1.54, 1.807) is 7.11 Å². The fourth-order valence-electron chi connectivity index (χ4n) is 0.939. The summed E-state index contributed by atoms with van der Waals surface area (Å²) in [4.78, 5) is 7.48. The van der Waals surface area contributed by atoms with Crippen LogP contribution >= 0.6 is 0 Å². The summed E-state index contributed by atoms with van der Waals surface area (Å²) >= 11 is 0. The lowest BCUT2D eigenvalue weighted by molar-refractivity contribution is 0.187. The van der Waals surface area contributed by atoms with Gasteiger partial charge in [-0.1, -0.05) is 0 Å². The van der Waals surface area contributed by atoms with Crippen molar-refractivity contribution in [2.45, 2.75) is 6.04 Å². The van der Waals surface area contributed by atoms with E-state index < -0.39 is 5.82 Å². The maximum absolute atomic E-state index is 12.5. The summed E-state index contributed by atoms with van der Waals surface area (Å²) in [7, 11) is 1.58. The Balaban J connectivity index is 2.53. The zero-order valence-corrected chi connectivity index (χ0v) is 7.90. The van der Waals surface area contributed by atoms with Crippen molar-refractivity contribution < 1.29 is 9.13 Å². The molecule has 1 aromatic rings. The summed E-state index contributed by atoms with van der Waals surface area (Å²) in [5, 5.41) is 2.92. The molecule has 0 aliphatic heterocycles. The Kier molecular flexibility index (Phi) is 4.21. The van der Waals surface area contributed by atoms with Gasteiger partial charge in [-0.3, -0.25) is 0 Å². The Hall–Kier alpha value is -1.27. The summed E-state index contributed by atoms with van der Waals surface area (Å²) < 4.78 is 17.4. The van der Waals surface area contributed by atoms with Crippen LogP contribution < -0.4 is 11.1 Å². The van der Waals surface area contributed by atoms with Gasteiger partial charge in [0.25, 0.3) is 0 Å². The summed E-state index contributed by atoms with van der Waals surface area (Å²) in [6, 6.07) is -0.0644. The molecule has 0 fully saturated rings. The standard InChI is InChI=1S/C8H13FN4O/c1-14-5-7(2-10)13-8-11-3-6(9)4-12-8/h3-4,7H,2,5,10H2,1H3,(H,11,12,13). The van der Waals surface area contributed by atoms with Crippen LogP contribution in [0.4, 0.5) is 10.3 Å². The van der Waals surface area contributed by atoms with Gasteiger partial charge >= 0.3 is 0 Å². The monoisotopic (exact) mass is 200 g/mol. The molecule has 5 nitrogen and oxygen atoms in total. The number of nitrogens with two attached hydrogens (primary N) is 1. The first-order valence-electron chi connectivity index (χ1n) is 4.19. The van der Waals surface area contributed by atoms with Crippen molar-refractivity contribution in [1.29, 1.82) is 0 Å². The Labute approximate surface area is 81.5 Å². The van der Waals surface area contributed by atoms with Crippen LogP contribution in [-0.4, -0.2) is 36.3 Å². The van der Waals surface area contributed by atoms with Gasteiger partial charge in [-0.15, -0.1) is 0 Å². The molecule has 0 radical (unpaired) electrons. The second kappa shape index (κ2) is 5.46. The van der Waals surface area contributed by atoms with Gasteiger partial charge in [0.2, 0.25) is 5.95 Å². The summed E-state index contributed by atoms with van der Waals surface area (Å²) in [6.07, 6.45) is 2.19. The van der Waals surface area contributed by atoms with Gasteiger partial charge in [0, 0.05) is 13.7 Å². The minimum Gasteiger partial charge on any atom is -0.383 e. The first-order chi connectivity index (χ1) is 6.76. The lowest BCUT2D eigenvalue weighted by atomic mass is 10.3. The molecule has 0 aliphatic rings. The summed E-state index contributed by atoms with van der Waals surface area (Å²) in [5.74, 6) is -0.120. The maximum atomic E-state index is 12.5. The molecule has 0 aromatic carbocycles. The van der Waals surface area contributed by atoms with E-state index in [2.05, 4.69) is 15.3 Å². The van der Waals surface area contributed by atoms with E-state index in [-0.39, 0.29) is 6.04 Å². The third kappa shape index (κ3) is 3.23. The van der Waals surface area contributed by atoms with Crippen molar-refractivity contribution in [2.24, 2.45) is 5.73 Å². The number of methoxy groups -OCH3 is 1. The van der Waals surface area contributed by atoms with Crippen molar-refractivity contribution >= 4 is 5.95 Å². The molecule has 78 valence electrons. The quantitative estimate of drug-likeness (QED) is 0.700. The van der Waals surface area contributed by atoms with Crippen LogP contribution in [0.15, 0.2) is 12.4 Å². The molecule has 0 saturated carbocycles. The maximum Gasteiger partial charge on any atom is 0.223 e. The van der Waals surface area contributed by atoms with Crippen molar-refractivity contribution in [3.8, 4) is 0 Å². The highest BCUT2D eigenvalue weighted by atomic mass is 19.1. The molecule has 1 rings (SSSR count). The molecular weight excluding hydrogens is 187 g/mol. The molecule has 0 aliphatic carbocycles. The van der Waals surface area contributed by atoms with Crippen molar-refractivity contribution in [1.82, 2.24) is 9.97 Å². The van der Waals surface area contributed by atoms with E-state index in [4.69, 9.17) is 10.5 Å². The molecule has 0 spiro atoms. The van der Waals surface area contributed by atoms with Gasteiger partial charge in [0.1, 0.15) is 0 Å². The van der Waals surface area contributed by atoms with Crippen LogP contribution in [-0.2, 0) is 4.74 Å². The van der Waals surface area contributed by atoms with Crippen LogP contribution in [0.25, 0.3) is 0 Å². The van der Waals surface area contributed by atoms with E-state index in [9.17, 15) is 4.39 Å². The predicted molar refractivity (Wildman–Crippen MR) is 50.3 cm³/mol. The highest BCUT2D eigenvalue weighted by Crippen LogP contribution is 2.00. The number of hydrogen-bond acceptors (Lipinski definition) is 5. The Morgan fingerprint density at radius 3 is 2.71 bits per heavy atom. The first kappa shape index (κ1) is 10.8. The largest absolute Gasteiger partial charge is 0.383 e. The lowest BCUT2D eigenvalue weighted by Crippen LogP contribution is -2.33. The summed E-state index contributed by atoms with van der Waals surface area (Å²) in [5.41, 5.74) is 5.46. The molecule has 0 saturated heterocycles. The van der Waals surface area contributed by atoms with Gasteiger partial charge in [-0.2, -0.15) is 0 Å². The van der Waals surface area contributed by atoms with E-state index in [1.807, 2.05) is 0 Å². The zero-order chi connectivity index (χ0) is 10.4. The van der Waals surface area contributed by atoms with Crippen LogP contribution in [0, 0.1) is 5.82 Å². The number of nitrogens with one attached hydrogen (secondary N) is 1. The number of aromatic nitrogens is 2. The number of hydrogen-bond donors (Lipinski definition) is 2. The second-order valence-corrected chi connectivity index (χ2v) is 2.76. The molecule has 1 atom stereocenters. The number of anilines is 1. The Bertz CT molecular complexity index is 267. The van der Waals surface area contributed by atoms with Gasteiger partial charge in [-0.25, -0.2) is 14.4 Å². The van der Waals surface area contributed by atoms with Crippen molar-refractivity contribution in [3.63, 3.8) is 0 Å². The van der Waals surface area contributed by atoms with Gasteiger partial charge in [0.05, 0.1) is 25.0 Å². The normalized spacial score (nSPS) is 12.5. The average molecular weight is 200 g/mol. The first-order valence-corrected chi connectivity index (χ1v) is 4.19. The number of ether oxygens (including phenoxy) is 1. The van der Waals surface area contributed by atoms with E-state index in [0.29, 0.717) is 19.1 Å². The smallest absolute Gasteiger partial charge is 0.223 e. The fraction of sp³-hybridized carbons (Fsp3) is 0.500. The van der Waals surface area contributed by atoms with Crippen molar-refractivity contribution in [3.05, 3.63) is 18.2 Å². The minimum atomic E-state index is -0.466. The van der Waals surface area contributed by atoms with Crippen LogP contribution in [0.2, 0.25) is 0 Å². The number of nitrogens with zero attached hydrogens (tertiary/aromatic N) is 2. The average Bonchev–Trinajstić information content (AvgIpc) is 2.20. The molecule has 3 N–H and O–H groups in total.